The van der Waals surface area contributed by atoms with E-state index in [0.717, 1.165) is 29.0 Å². The fraction of sp³-hybridized carbons (Fsp3) is 0.235. The lowest BCUT2D eigenvalue weighted by molar-refractivity contribution is 0.415. The van der Waals surface area contributed by atoms with Crippen molar-refractivity contribution in [1.82, 2.24) is 19.7 Å². The fourth-order valence-electron chi connectivity index (χ4n) is 3.07. The summed E-state index contributed by atoms with van der Waals surface area (Å²) >= 11 is 0. The Morgan fingerprint density at radius 1 is 1.22 bits per heavy atom. The molecule has 6 nitrogen and oxygen atoms in total. The molecule has 4 rings (SSSR count). The largest absolute Gasteiger partial charge is 0.497 e. The molecule has 0 unspecified atom stereocenters. The molecule has 0 saturated heterocycles. The molecule has 23 heavy (non-hydrogen) atoms. The number of aryl methyl sites for hydroxylation is 3. The molecule has 3 heterocycles. The highest BCUT2D eigenvalue weighted by Gasteiger charge is 2.14. The van der Waals surface area contributed by atoms with Crippen molar-refractivity contribution >= 4 is 21.8 Å². The second-order valence-corrected chi connectivity index (χ2v) is 5.41. The first-order valence-electron chi connectivity index (χ1n) is 7.44. The van der Waals surface area contributed by atoms with Gasteiger partial charge in [-0.25, -0.2) is 0 Å². The summed E-state index contributed by atoms with van der Waals surface area (Å²) < 4.78 is 12.9. The molecule has 116 valence electrons. The predicted octanol–water partition coefficient (Wildman–Crippen LogP) is 3.13. The zero-order chi connectivity index (χ0) is 15.8. The van der Waals surface area contributed by atoms with Gasteiger partial charge >= 0.3 is 0 Å². The van der Waals surface area contributed by atoms with Crippen LogP contribution in [0.5, 0.6) is 5.75 Å². The van der Waals surface area contributed by atoms with E-state index in [1.807, 2.05) is 19.2 Å². The Bertz CT molecular complexity index is 973. The van der Waals surface area contributed by atoms with Crippen molar-refractivity contribution in [3.8, 4) is 5.75 Å². The third-order valence-corrected chi connectivity index (χ3v) is 4.12. The number of aromatic nitrogens is 4. The predicted molar refractivity (Wildman–Crippen MR) is 86.5 cm³/mol. The number of benzene rings is 1. The van der Waals surface area contributed by atoms with Gasteiger partial charge in [0.05, 0.1) is 23.8 Å². The first kappa shape index (κ1) is 13.8. The molecule has 0 fully saturated rings. The van der Waals surface area contributed by atoms with Crippen LogP contribution >= 0.6 is 0 Å². The maximum atomic E-state index is 5.38. The molecule has 4 aromatic rings. The molecule has 0 saturated carbocycles. The Labute approximate surface area is 132 Å². The molecule has 0 aliphatic carbocycles. The quantitative estimate of drug-likeness (QED) is 0.579. The van der Waals surface area contributed by atoms with Crippen molar-refractivity contribution < 1.29 is 9.15 Å². The second kappa shape index (κ2) is 5.39. The van der Waals surface area contributed by atoms with Crippen LogP contribution in [0.15, 0.2) is 41.3 Å². The SMILES string of the molecule is COc1ccc2c3ccnc(C)c3n(CCc3nnco3)c2c1. The fourth-order valence-corrected chi connectivity index (χ4v) is 3.07. The van der Waals surface area contributed by atoms with E-state index >= 15 is 0 Å². The topological polar surface area (TPSA) is 66.0 Å². The summed E-state index contributed by atoms with van der Waals surface area (Å²) in [5, 5.41) is 10.1. The minimum absolute atomic E-state index is 0.629. The van der Waals surface area contributed by atoms with Crippen LogP contribution in [0.4, 0.5) is 0 Å². The molecule has 0 aliphatic heterocycles. The number of hydrogen-bond acceptors (Lipinski definition) is 5. The molecular formula is C17H16N4O2. The Balaban J connectivity index is 1.93. The standard InChI is InChI=1S/C17H16N4O2/c1-11-17-14(5-7-18-11)13-4-3-12(22-2)9-15(13)21(17)8-6-16-20-19-10-23-16/h3-5,7,9-10H,6,8H2,1-2H3. The van der Waals surface area contributed by atoms with Gasteiger partial charge < -0.3 is 13.7 Å². The Kier molecular flexibility index (Phi) is 3.22. The van der Waals surface area contributed by atoms with E-state index in [4.69, 9.17) is 9.15 Å². The van der Waals surface area contributed by atoms with Gasteiger partial charge in [-0.15, -0.1) is 10.2 Å². The lowest BCUT2D eigenvalue weighted by Crippen LogP contribution is -2.03. The van der Waals surface area contributed by atoms with E-state index in [1.165, 1.54) is 17.2 Å². The Morgan fingerprint density at radius 2 is 2.13 bits per heavy atom. The second-order valence-electron chi connectivity index (χ2n) is 5.41. The molecule has 0 N–H and O–H groups in total. The average molecular weight is 308 g/mol. The third-order valence-electron chi connectivity index (χ3n) is 4.12. The normalized spacial score (nSPS) is 11.4. The van der Waals surface area contributed by atoms with Crippen LogP contribution in [-0.2, 0) is 13.0 Å². The molecule has 1 aromatic carbocycles. The van der Waals surface area contributed by atoms with Crippen molar-refractivity contribution in [2.24, 2.45) is 0 Å². The van der Waals surface area contributed by atoms with Gasteiger partial charge in [0.1, 0.15) is 5.75 Å². The number of methoxy groups -OCH3 is 1. The number of hydrogen-bond donors (Lipinski definition) is 0. The van der Waals surface area contributed by atoms with Crippen molar-refractivity contribution in [1.29, 1.82) is 0 Å². The van der Waals surface area contributed by atoms with Crippen molar-refractivity contribution in [2.45, 2.75) is 19.9 Å². The van der Waals surface area contributed by atoms with Gasteiger partial charge in [-0.1, -0.05) is 0 Å². The van der Waals surface area contributed by atoms with E-state index < -0.39 is 0 Å². The maximum absolute atomic E-state index is 5.38. The van der Waals surface area contributed by atoms with Crippen LogP contribution < -0.4 is 4.74 Å². The summed E-state index contributed by atoms with van der Waals surface area (Å²) in [6.07, 6.45) is 3.88. The molecular weight excluding hydrogens is 292 g/mol. The zero-order valence-corrected chi connectivity index (χ0v) is 13.0. The molecule has 0 atom stereocenters. The molecule has 0 radical (unpaired) electrons. The van der Waals surface area contributed by atoms with Crippen LogP contribution in [0.3, 0.4) is 0 Å². The van der Waals surface area contributed by atoms with E-state index in [9.17, 15) is 0 Å². The number of rotatable bonds is 4. The summed E-state index contributed by atoms with van der Waals surface area (Å²) in [5.41, 5.74) is 3.26. The Hall–Kier alpha value is -2.89. The summed E-state index contributed by atoms with van der Waals surface area (Å²) in [6, 6.07) is 8.20. The lowest BCUT2D eigenvalue weighted by Gasteiger charge is -2.08. The van der Waals surface area contributed by atoms with Gasteiger partial charge in [0.2, 0.25) is 12.3 Å². The number of pyridine rings is 1. The minimum atomic E-state index is 0.629. The highest BCUT2D eigenvalue weighted by Crippen LogP contribution is 2.32. The Morgan fingerprint density at radius 3 is 2.91 bits per heavy atom. The molecule has 0 amide bonds. The van der Waals surface area contributed by atoms with Crippen LogP contribution in [0, 0.1) is 6.92 Å². The van der Waals surface area contributed by atoms with Gasteiger partial charge in [-0.05, 0) is 25.1 Å². The number of fused-ring (bicyclic) bond motifs is 3. The van der Waals surface area contributed by atoms with Gasteiger partial charge in [0.15, 0.2) is 0 Å². The summed E-state index contributed by atoms with van der Waals surface area (Å²) in [4.78, 5) is 4.45. The maximum Gasteiger partial charge on any atom is 0.218 e. The third kappa shape index (κ3) is 2.23. The van der Waals surface area contributed by atoms with Crippen molar-refractivity contribution in [3.05, 3.63) is 48.4 Å². The van der Waals surface area contributed by atoms with E-state index in [0.29, 0.717) is 12.3 Å². The summed E-state index contributed by atoms with van der Waals surface area (Å²) in [7, 11) is 1.68. The summed E-state index contributed by atoms with van der Waals surface area (Å²) in [5.74, 6) is 1.47. The highest BCUT2D eigenvalue weighted by molar-refractivity contribution is 6.09. The van der Waals surface area contributed by atoms with Gasteiger partial charge in [0, 0.05) is 36.0 Å². The molecule has 0 aliphatic rings. The molecule has 6 heteroatoms. The van der Waals surface area contributed by atoms with Crippen LogP contribution in [0.1, 0.15) is 11.6 Å². The molecule has 0 bridgehead atoms. The zero-order valence-electron chi connectivity index (χ0n) is 13.0. The number of nitrogens with zero attached hydrogens (tertiary/aromatic N) is 4. The van der Waals surface area contributed by atoms with Crippen LogP contribution in [-0.4, -0.2) is 26.9 Å². The smallest absolute Gasteiger partial charge is 0.218 e. The monoisotopic (exact) mass is 308 g/mol. The minimum Gasteiger partial charge on any atom is -0.497 e. The molecule has 0 spiro atoms. The lowest BCUT2D eigenvalue weighted by atomic mass is 10.1. The van der Waals surface area contributed by atoms with E-state index in [2.05, 4.69) is 37.9 Å². The van der Waals surface area contributed by atoms with E-state index in [1.54, 1.807) is 7.11 Å². The van der Waals surface area contributed by atoms with Gasteiger partial charge in [0.25, 0.3) is 0 Å². The summed E-state index contributed by atoms with van der Waals surface area (Å²) in [6.45, 7) is 2.77. The first-order valence-corrected chi connectivity index (χ1v) is 7.44. The van der Waals surface area contributed by atoms with Crippen molar-refractivity contribution in [2.75, 3.05) is 7.11 Å². The van der Waals surface area contributed by atoms with Crippen LogP contribution in [0.25, 0.3) is 21.8 Å². The van der Waals surface area contributed by atoms with E-state index in [-0.39, 0.29) is 0 Å². The van der Waals surface area contributed by atoms with Gasteiger partial charge in [-0.2, -0.15) is 0 Å². The first-order chi connectivity index (χ1) is 11.3. The average Bonchev–Trinajstić information content (AvgIpc) is 3.19. The molecule has 3 aromatic heterocycles. The van der Waals surface area contributed by atoms with Crippen molar-refractivity contribution in [3.63, 3.8) is 0 Å². The van der Waals surface area contributed by atoms with Gasteiger partial charge in [-0.3, -0.25) is 4.98 Å². The van der Waals surface area contributed by atoms with Crippen LogP contribution in [0.2, 0.25) is 0 Å². The number of ether oxygens (including phenoxy) is 1. The highest BCUT2D eigenvalue weighted by atomic mass is 16.5.